The van der Waals surface area contributed by atoms with Crippen LogP contribution >= 0.6 is 0 Å². The molecule has 9 aromatic carbocycles. The van der Waals surface area contributed by atoms with Crippen LogP contribution in [0.15, 0.2) is 223 Å². The van der Waals surface area contributed by atoms with Gasteiger partial charge in [0.15, 0.2) is 0 Å². The third kappa shape index (κ3) is 5.60. The molecule has 3 heteroatoms. The normalized spacial score (nSPS) is 11.5. The van der Waals surface area contributed by atoms with Crippen LogP contribution in [0.1, 0.15) is 0 Å². The van der Waals surface area contributed by atoms with Crippen LogP contribution in [0.3, 0.4) is 0 Å². The van der Waals surface area contributed by atoms with Crippen LogP contribution in [0.2, 0.25) is 0 Å². The summed E-state index contributed by atoms with van der Waals surface area (Å²) in [7, 11) is 0. The van der Waals surface area contributed by atoms with E-state index < -0.39 is 0 Å². The zero-order valence-electron chi connectivity index (χ0n) is 31.1. The van der Waals surface area contributed by atoms with Crippen molar-refractivity contribution in [1.29, 1.82) is 0 Å². The molecule has 3 nitrogen and oxygen atoms in total. The lowest BCUT2D eigenvalue weighted by atomic mass is 9.94. The van der Waals surface area contributed by atoms with Gasteiger partial charge in [0.25, 0.3) is 0 Å². The Balaban J connectivity index is 1.10. The Kier molecular flexibility index (Phi) is 7.82. The lowest BCUT2D eigenvalue weighted by molar-refractivity contribution is 0.669. The molecule has 0 amide bonds. The van der Waals surface area contributed by atoms with Crippen molar-refractivity contribution in [1.82, 2.24) is 4.57 Å². The summed E-state index contributed by atoms with van der Waals surface area (Å²) in [4.78, 5) is 2.39. The van der Waals surface area contributed by atoms with Crippen LogP contribution in [-0.2, 0) is 0 Å². The monoisotopic (exact) mass is 728 g/mol. The fourth-order valence-corrected chi connectivity index (χ4v) is 8.60. The lowest BCUT2D eigenvalue weighted by Crippen LogP contribution is -2.11. The molecular formula is C54H36N2O. The van der Waals surface area contributed by atoms with Gasteiger partial charge in [0.05, 0.1) is 16.7 Å². The molecule has 2 aromatic heterocycles. The van der Waals surface area contributed by atoms with Crippen LogP contribution in [0.5, 0.6) is 0 Å². The Hall–Kier alpha value is -7.62. The highest BCUT2D eigenvalue weighted by Crippen LogP contribution is 2.44. The highest BCUT2D eigenvalue weighted by molar-refractivity contribution is 6.11. The summed E-state index contributed by atoms with van der Waals surface area (Å²) in [6.07, 6.45) is 0. The molecule has 0 bridgehead atoms. The molecule has 0 atom stereocenters. The van der Waals surface area contributed by atoms with Crippen LogP contribution in [0.25, 0.3) is 82.8 Å². The minimum Gasteiger partial charge on any atom is -0.456 e. The number of hydrogen-bond donors (Lipinski definition) is 0. The number of furan rings is 1. The summed E-state index contributed by atoms with van der Waals surface area (Å²) in [6, 6.07) is 78.2. The Morgan fingerprint density at radius 3 is 1.79 bits per heavy atom. The average Bonchev–Trinajstić information content (AvgIpc) is 3.82. The second-order valence-corrected chi connectivity index (χ2v) is 14.5. The predicted molar refractivity (Wildman–Crippen MR) is 239 cm³/mol. The largest absolute Gasteiger partial charge is 0.456 e. The quantitative estimate of drug-likeness (QED) is 0.163. The second kappa shape index (κ2) is 13.6. The highest BCUT2D eigenvalue weighted by atomic mass is 16.3. The third-order valence-electron chi connectivity index (χ3n) is 11.2. The van der Waals surface area contributed by atoms with E-state index in [1.165, 1.54) is 38.5 Å². The SMILES string of the molecule is c1ccc(-c2ccccc2-c2cccc(-n3c4ccccc4c4ccc(N(c5ccccc5)c5ccccc5-c5ccc6oc7ccccc7c6c5)cc43)c2)cc1. The van der Waals surface area contributed by atoms with Gasteiger partial charge in [-0.05, 0) is 94.5 Å². The number of benzene rings is 9. The predicted octanol–water partition coefficient (Wildman–Crippen LogP) is 15.2. The van der Waals surface area contributed by atoms with Gasteiger partial charge >= 0.3 is 0 Å². The molecule has 0 N–H and O–H groups in total. The van der Waals surface area contributed by atoms with E-state index in [0.29, 0.717) is 0 Å². The molecule has 0 spiro atoms. The van der Waals surface area contributed by atoms with E-state index in [1.807, 2.05) is 12.1 Å². The summed E-state index contributed by atoms with van der Waals surface area (Å²) in [5.41, 5.74) is 15.6. The zero-order valence-corrected chi connectivity index (χ0v) is 31.1. The van der Waals surface area contributed by atoms with Crippen molar-refractivity contribution in [2.24, 2.45) is 0 Å². The molecule has 0 fully saturated rings. The smallest absolute Gasteiger partial charge is 0.135 e. The molecule has 0 unspecified atom stereocenters. The van der Waals surface area contributed by atoms with Gasteiger partial charge in [-0.3, -0.25) is 0 Å². The first-order valence-corrected chi connectivity index (χ1v) is 19.4. The number of para-hydroxylation sites is 4. The zero-order chi connectivity index (χ0) is 37.7. The maximum Gasteiger partial charge on any atom is 0.135 e. The number of aromatic nitrogens is 1. The summed E-state index contributed by atoms with van der Waals surface area (Å²) >= 11 is 0. The number of hydrogen-bond acceptors (Lipinski definition) is 2. The first kappa shape index (κ1) is 32.8. The van der Waals surface area contributed by atoms with Crippen molar-refractivity contribution in [3.8, 4) is 39.1 Å². The summed E-state index contributed by atoms with van der Waals surface area (Å²) in [6.45, 7) is 0. The van der Waals surface area contributed by atoms with E-state index in [0.717, 1.165) is 61.3 Å². The van der Waals surface area contributed by atoms with Gasteiger partial charge < -0.3 is 13.9 Å². The molecule has 268 valence electrons. The van der Waals surface area contributed by atoms with Crippen LogP contribution < -0.4 is 4.90 Å². The van der Waals surface area contributed by atoms with Crippen LogP contribution in [0.4, 0.5) is 17.1 Å². The van der Waals surface area contributed by atoms with E-state index >= 15 is 0 Å². The van der Waals surface area contributed by atoms with E-state index in [-0.39, 0.29) is 0 Å². The van der Waals surface area contributed by atoms with Crippen molar-refractivity contribution >= 4 is 60.8 Å². The molecule has 0 saturated heterocycles. The van der Waals surface area contributed by atoms with Gasteiger partial charge in [-0.25, -0.2) is 0 Å². The summed E-state index contributed by atoms with van der Waals surface area (Å²) in [5.74, 6) is 0. The molecule has 0 aliphatic carbocycles. The highest BCUT2D eigenvalue weighted by Gasteiger charge is 2.21. The summed E-state index contributed by atoms with van der Waals surface area (Å²) in [5, 5.41) is 4.67. The van der Waals surface area contributed by atoms with E-state index in [2.05, 4.69) is 216 Å². The van der Waals surface area contributed by atoms with Gasteiger partial charge in [0, 0.05) is 44.2 Å². The van der Waals surface area contributed by atoms with Gasteiger partial charge in [-0.1, -0.05) is 152 Å². The second-order valence-electron chi connectivity index (χ2n) is 14.5. The van der Waals surface area contributed by atoms with Gasteiger partial charge in [-0.15, -0.1) is 0 Å². The Morgan fingerprint density at radius 2 is 0.947 bits per heavy atom. The van der Waals surface area contributed by atoms with E-state index in [1.54, 1.807) is 0 Å². The molecule has 0 aliphatic heterocycles. The number of rotatable bonds is 7. The molecule has 0 radical (unpaired) electrons. The van der Waals surface area contributed by atoms with Gasteiger partial charge in [-0.2, -0.15) is 0 Å². The fraction of sp³-hybridized carbons (Fsp3) is 0. The standard InChI is InChI=1S/C54H36N2O/c1-3-16-37(17-4-1)43-22-7-8-23-44(43)38-18-15-21-41(34-38)56-51-28-13-10-25-46(51)47-32-31-42(36-52(47)56)55(40-19-5-2-6-20-40)50-27-12-9-24-45(50)39-30-33-54-49(35-39)48-26-11-14-29-53(48)57-54/h1-36H. The third-order valence-corrected chi connectivity index (χ3v) is 11.2. The summed E-state index contributed by atoms with van der Waals surface area (Å²) < 4.78 is 8.65. The topological polar surface area (TPSA) is 21.3 Å². The maximum atomic E-state index is 6.22. The Bertz CT molecular complexity index is 3250. The average molecular weight is 729 g/mol. The lowest BCUT2D eigenvalue weighted by Gasteiger charge is -2.28. The van der Waals surface area contributed by atoms with Crippen LogP contribution in [0, 0.1) is 0 Å². The first-order valence-electron chi connectivity index (χ1n) is 19.4. The molecule has 0 aliphatic rings. The molecule has 11 rings (SSSR count). The Labute approximate surface area is 330 Å². The number of anilines is 3. The minimum absolute atomic E-state index is 0.892. The molecule has 11 aromatic rings. The van der Waals surface area contributed by atoms with E-state index in [4.69, 9.17) is 4.42 Å². The van der Waals surface area contributed by atoms with E-state index in [9.17, 15) is 0 Å². The van der Waals surface area contributed by atoms with Crippen molar-refractivity contribution < 1.29 is 4.42 Å². The minimum atomic E-state index is 0.892. The number of nitrogens with zero attached hydrogens (tertiary/aromatic N) is 2. The van der Waals surface area contributed by atoms with Crippen molar-refractivity contribution in [2.75, 3.05) is 4.90 Å². The first-order chi connectivity index (χ1) is 28.3. The van der Waals surface area contributed by atoms with Gasteiger partial charge in [0.1, 0.15) is 11.2 Å². The van der Waals surface area contributed by atoms with Crippen LogP contribution in [-0.4, -0.2) is 4.57 Å². The van der Waals surface area contributed by atoms with Gasteiger partial charge in [0.2, 0.25) is 0 Å². The number of fused-ring (bicyclic) bond motifs is 6. The fourth-order valence-electron chi connectivity index (χ4n) is 8.60. The van der Waals surface area contributed by atoms with Crippen molar-refractivity contribution in [2.45, 2.75) is 0 Å². The maximum absolute atomic E-state index is 6.22. The molecule has 0 saturated carbocycles. The molecular weight excluding hydrogens is 693 g/mol. The molecule has 57 heavy (non-hydrogen) atoms. The molecule has 2 heterocycles. The van der Waals surface area contributed by atoms with Crippen molar-refractivity contribution in [3.63, 3.8) is 0 Å². The Morgan fingerprint density at radius 1 is 0.333 bits per heavy atom. The van der Waals surface area contributed by atoms with Crippen molar-refractivity contribution in [3.05, 3.63) is 218 Å².